The first-order valence-electron chi connectivity index (χ1n) is 7.75. The lowest BCUT2D eigenvalue weighted by molar-refractivity contribution is -0.907. The number of aromatic hydroxyl groups is 1. The second-order valence-corrected chi connectivity index (χ2v) is 7.03. The van der Waals surface area contributed by atoms with E-state index in [0.717, 1.165) is 22.0 Å². The number of fused-ring (bicyclic) bond motifs is 1. The standard InChI is InChI=1S/C19H18BrNO3/c1-12-17(22)8-7-16-14(9-18(23)24-19(12)16)11-21(2)10-13-3-5-15(20)6-4-13/h3-9,22H,10-11H2,1-2H3/p+1. The van der Waals surface area contributed by atoms with Gasteiger partial charge in [-0.15, -0.1) is 0 Å². The predicted molar refractivity (Wildman–Crippen MR) is 97.3 cm³/mol. The molecular weight excluding hydrogens is 370 g/mol. The number of hydrogen-bond acceptors (Lipinski definition) is 3. The quantitative estimate of drug-likeness (QED) is 0.675. The molecule has 0 saturated carbocycles. The van der Waals surface area contributed by atoms with Crippen molar-refractivity contribution < 1.29 is 14.4 Å². The molecule has 0 spiro atoms. The Balaban J connectivity index is 1.90. The molecule has 2 N–H and O–H groups in total. The molecule has 2 aromatic carbocycles. The van der Waals surface area contributed by atoms with E-state index in [4.69, 9.17) is 4.42 Å². The maximum atomic E-state index is 11.9. The first kappa shape index (κ1) is 16.7. The minimum atomic E-state index is -0.386. The monoisotopic (exact) mass is 388 g/mol. The van der Waals surface area contributed by atoms with E-state index in [9.17, 15) is 9.90 Å². The summed E-state index contributed by atoms with van der Waals surface area (Å²) in [5, 5.41) is 10.7. The van der Waals surface area contributed by atoms with Gasteiger partial charge in [-0.25, -0.2) is 4.79 Å². The summed E-state index contributed by atoms with van der Waals surface area (Å²) >= 11 is 3.44. The molecule has 0 amide bonds. The topological polar surface area (TPSA) is 54.9 Å². The van der Waals surface area contributed by atoms with Crippen molar-refractivity contribution in [2.45, 2.75) is 20.0 Å². The summed E-state index contributed by atoms with van der Waals surface area (Å²) in [4.78, 5) is 13.1. The van der Waals surface area contributed by atoms with Crippen molar-refractivity contribution in [1.82, 2.24) is 0 Å². The van der Waals surface area contributed by atoms with E-state index >= 15 is 0 Å². The summed E-state index contributed by atoms with van der Waals surface area (Å²) in [6.07, 6.45) is 0. The molecule has 0 saturated heterocycles. The number of phenolic OH excluding ortho intramolecular Hbond substituents is 1. The molecule has 3 rings (SSSR count). The van der Waals surface area contributed by atoms with Crippen LogP contribution in [0.5, 0.6) is 5.75 Å². The fourth-order valence-corrected chi connectivity index (χ4v) is 3.16. The minimum Gasteiger partial charge on any atom is -0.508 e. The van der Waals surface area contributed by atoms with E-state index in [1.165, 1.54) is 10.5 Å². The summed E-state index contributed by atoms with van der Waals surface area (Å²) in [5.41, 5.74) is 2.84. The largest absolute Gasteiger partial charge is 0.508 e. The summed E-state index contributed by atoms with van der Waals surface area (Å²) in [6, 6.07) is 13.2. The van der Waals surface area contributed by atoms with Crippen LogP contribution in [0.1, 0.15) is 16.7 Å². The van der Waals surface area contributed by atoms with Crippen LogP contribution < -0.4 is 10.5 Å². The molecule has 0 bridgehead atoms. The van der Waals surface area contributed by atoms with Crippen molar-refractivity contribution in [2.24, 2.45) is 0 Å². The zero-order valence-electron chi connectivity index (χ0n) is 13.6. The molecule has 0 fully saturated rings. The van der Waals surface area contributed by atoms with Crippen LogP contribution in [0.4, 0.5) is 0 Å². The van der Waals surface area contributed by atoms with E-state index in [-0.39, 0.29) is 11.4 Å². The number of aryl methyl sites for hydroxylation is 1. The molecule has 0 aliphatic carbocycles. The lowest BCUT2D eigenvalue weighted by atomic mass is 10.1. The molecular formula is C19H19BrNO3+. The average Bonchev–Trinajstić information content (AvgIpc) is 2.53. The van der Waals surface area contributed by atoms with Crippen LogP contribution in [-0.2, 0) is 13.1 Å². The number of rotatable bonds is 4. The second-order valence-electron chi connectivity index (χ2n) is 6.11. The van der Waals surface area contributed by atoms with Crippen LogP contribution in [-0.4, -0.2) is 12.2 Å². The van der Waals surface area contributed by atoms with Gasteiger partial charge in [-0.3, -0.25) is 0 Å². The minimum absolute atomic E-state index is 0.137. The van der Waals surface area contributed by atoms with Gasteiger partial charge in [0.05, 0.1) is 7.05 Å². The van der Waals surface area contributed by atoms with Crippen LogP contribution in [0.25, 0.3) is 11.0 Å². The highest BCUT2D eigenvalue weighted by Crippen LogP contribution is 2.27. The molecule has 3 aromatic rings. The van der Waals surface area contributed by atoms with Gasteiger partial charge in [-0.1, -0.05) is 28.1 Å². The predicted octanol–water partition coefficient (Wildman–Crippen LogP) is 2.78. The van der Waals surface area contributed by atoms with Crippen LogP contribution in [0, 0.1) is 6.92 Å². The number of nitrogens with one attached hydrogen (secondary N) is 1. The highest BCUT2D eigenvalue weighted by molar-refractivity contribution is 9.10. The third-order valence-electron chi connectivity index (χ3n) is 4.13. The Labute approximate surface area is 148 Å². The van der Waals surface area contributed by atoms with E-state index in [0.29, 0.717) is 17.7 Å². The third kappa shape index (κ3) is 3.52. The Morgan fingerprint density at radius 3 is 2.54 bits per heavy atom. The van der Waals surface area contributed by atoms with Gasteiger partial charge in [-0.05, 0) is 31.2 Å². The first-order chi connectivity index (χ1) is 11.4. The Kier molecular flexibility index (Phi) is 4.73. The summed E-state index contributed by atoms with van der Waals surface area (Å²) in [7, 11) is 2.09. The second kappa shape index (κ2) is 6.79. The summed E-state index contributed by atoms with van der Waals surface area (Å²) < 4.78 is 6.36. The number of halogens is 1. The van der Waals surface area contributed by atoms with Crippen LogP contribution >= 0.6 is 15.9 Å². The van der Waals surface area contributed by atoms with Gasteiger partial charge in [0.25, 0.3) is 0 Å². The maximum absolute atomic E-state index is 11.9. The van der Waals surface area contributed by atoms with Gasteiger partial charge in [-0.2, -0.15) is 0 Å². The van der Waals surface area contributed by atoms with E-state index in [1.54, 1.807) is 19.1 Å². The number of quaternary nitrogens is 1. The molecule has 1 heterocycles. The lowest BCUT2D eigenvalue weighted by Gasteiger charge is -2.15. The van der Waals surface area contributed by atoms with E-state index in [2.05, 4.69) is 35.1 Å². The fraction of sp³-hybridized carbons (Fsp3) is 0.211. The van der Waals surface area contributed by atoms with Crippen molar-refractivity contribution in [2.75, 3.05) is 7.05 Å². The maximum Gasteiger partial charge on any atom is 0.336 e. The number of hydrogen-bond donors (Lipinski definition) is 2. The molecule has 1 unspecified atom stereocenters. The number of benzene rings is 2. The SMILES string of the molecule is Cc1c(O)ccc2c(C[NH+](C)Cc3ccc(Br)cc3)cc(=O)oc12. The molecule has 1 atom stereocenters. The van der Waals surface area contributed by atoms with Gasteiger partial charge in [0.1, 0.15) is 24.4 Å². The van der Waals surface area contributed by atoms with Crippen molar-refractivity contribution in [1.29, 1.82) is 0 Å². The van der Waals surface area contributed by atoms with Crippen LogP contribution in [0.3, 0.4) is 0 Å². The highest BCUT2D eigenvalue weighted by Gasteiger charge is 2.14. The Morgan fingerprint density at radius 1 is 1.12 bits per heavy atom. The van der Waals surface area contributed by atoms with Gasteiger partial charge in [0, 0.05) is 32.6 Å². The molecule has 24 heavy (non-hydrogen) atoms. The normalized spacial score (nSPS) is 12.5. The lowest BCUT2D eigenvalue weighted by Crippen LogP contribution is -3.06. The molecule has 0 aliphatic heterocycles. The van der Waals surface area contributed by atoms with Crippen LogP contribution in [0.2, 0.25) is 0 Å². The Hall–Kier alpha value is -2.11. The summed E-state index contributed by atoms with van der Waals surface area (Å²) in [5.74, 6) is 0.137. The average molecular weight is 389 g/mol. The number of phenols is 1. The first-order valence-corrected chi connectivity index (χ1v) is 8.54. The third-order valence-corrected chi connectivity index (χ3v) is 4.66. The van der Waals surface area contributed by atoms with Gasteiger partial charge in [0.2, 0.25) is 0 Å². The smallest absolute Gasteiger partial charge is 0.336 e. The molecule has 0 radical (unpaired) electrons. The van der Waals surface area contributed by atoms with Crippen molar-refractivity contribution in [3.05, 3.63) is 74.0 Å². The zero-order chi connectivity index (χ0) is 17.3. The van der Waals surface area contributed by atoms with Gasteiger partial charge in [0.15, 0.2) is 0 Å². The Morgan fingerprint density at radius 2 is 1.83 bits per heavy atom. The molecule has 5 heteroatoms. The molecule has 4 nitrogen and oxygen atoms in total. The van der Waals surface area contributed by atoms with Gasteiger partial charge < -0.3 is 14.4 Å². The van der Waals surface area contributed by atoms with Crippen molar-refractivity contribution in [3.8, 4) is 5.75 Å². The molecule has 124 valence electrons. The summed E-state index contributed by atoms with van der Waals surface area (Å²) in [6.45, 7) is 3.30. The van der Waals surface area contributed by atoms with Crippen molar-refractivity contribution in [3.63, 3.8) is 0 Å². The van der Waals surface area contributed by atoms with Crippen molar-refractivity contribution >= 4 is 26.9 Å². The zero-order valence-corrected chi connectivity index (χ0v) is 15.2. The highest BCUT2D eigenvalue weighted by atomic mass is 79.9. The molecule has 0 aliphatic rings. The van der Waals surface area contributed by atoms with E-state index < -0.39 is 0 Å². The fourth-order valence-electron chi connectivity index (χ4n) is 2.90. The van der Waals surface area contributed by atoms with E-state index in [1.807, 2.05) is 18.2 Å². The Bertz CT molecular complexity index is 932. The molecule has 1 aromatic heterocycles. The van der Waals surface area contributed by atoms with Gasteiger partial charge >= 0.3 is 5.63 Å². The van der Waals surface area contributed by atoms with Crippen LogP contribution in [0.15, 0.2) is 56.1 Å².